The summed E-state index contributed by atoms with van der Waals surface area (Å²) in [5.74, 6) is 0. The standard InChI is InChI=1S/C17H28N2O2/c1-19(11-6-12-21-2)13-17(14-20,18-16-9-10-16)15-7-4-3-5-8-15/h3-5,7-8,16,18,20H,6,9-14H2,1-2H3. The quantitative estimate of drug-likeness (QED) is 0.643. The summed E-state index contributed by atoms with van der Waals surface area (Å²) in [5, 5.41) is 13.8. The molecule has 1 atom stereocenters. The summed E-state index contributed by atoms with van der Waals surface area (Å²) >= 11 is 0. The molecule has 1 aliphatic carbocycles. The number of rotatable bonds is 10. The molecule has 0 spiro atoms. The molecule has 0 aromatic heterocycles. The summed E-state index contributed by atoms with van der Waals surface area (Å²) in [6.45, 7) is 2.66. The van der Waals surface area contributed by atoms with E-state index in [-0.39, 0.29) is 12.1 Å². The first kappa shape index (κ1) is 16.4. The number of hydrogen-bond donors (Lipinski definition) is 2. The molecule has 4 nitrogen and oxygen atoms in total. The van der Waals surface area contributed by atoms with Gasteiger partial charge in [-0.1, -0.05) is 30.3 Å². The van der Waals surface area contributed by atoms with Gasteiger partial charge in [-0.2, -0.15) is 0 Å². The van der Waals surface area contributed by atoms with Gasteiger partial charge in [-0.3, -0.25) is 0 Å². The second kappa shape index (κ2) is 7.90. The normalized spacial score (nSPS) is 17.9. The van der Waals surface area contributed by atoms with Gasteiger partial charge in [0.05, 0.1) is 12.1 Å². The smallest absolute Gasteiger partial charge is 0.0799 e. The van der Waals surface area contributed by atoms with Gasteiger partial charge in [-0.25, -0.2) is 0 Å². The largest absolute Gasteiger partial charge is 0.394 e. The van der Waals surface area contributed by atoms with Gasteiger partial charge < -0.3 is 20.1 Å². The minimum Gasteiger partial charge on any atom is -0.394 e. The minimum absolute atomic E-state index is 0.113. The van der Waals surface area contributed by atoms with Gasteiger partial charge in [-0.15, -0.1) is 0 Å². The highest BCUT2D eigenvalue weighted by Crippen LogP contribution is 2.29. The van der Waals surface area contributed by atoms with E-state index < -0.39 is 0 Å². The van der Waals surface area contributed by atoms with Crippen LogP contribution in [0.3, 0.4) is 0 Å². The van der Waals surface area contributed by atoms with Crippen molar-refractivity contribution < 1.29 is 9.84 Å². The Balaban J connectivity index is 2.07. The molecule has 2 rings (SSSR count). The average molecular weight is 292 g/mol. The number of likely N-dealkylation sites (N-methyl/N-ethyl adjacent to an activating group) is 1. The number of hydrogen-bond acceptors (Lipinski definition) is 4. The lowest BCUT2D eigenvalue weighted by Crippen LogP contribution is -2.54. The molecule has 0 aliphatic heterocycles. The summed E-state index contributed by atoms with van der Waals surface area (Å²) in [6, 6.07) is 10.9. The molecular formula is C17H28N2O2. The summed E-state index contributed by atoms with van der Waals surface area (Å²) in [7, 11) is 3.84. The highest BCUT2D eigenvalue weighted by atomic mass is 16.5. The number of benzene rings is 1. The molecule has 1 aliphatic rings. The second-order valence-corrected chi connectivity index (χ2v) is 6.11. The van der Waals surface area contributed by atoms with Crippen LogP contribution < -0.4 is 5.32 Å². The van der Waals surface area contributed by atoms with E-state index in [1.807, 2.05) is 18.2 Å². The SMILES string of the molecule is COCCCN(C)CC(CO)(NC1CC1)c1ccccc1. The highest BCUT2D eigenvalue weighted by molar-refractivity contribution is 5.26. The van der Waals surface area contributed by atoms with Crippen LogP contribution in [0.2, 0.25) is 0 Å². The van der Waals surface area contributed by atoms with Crippen molar-refractivity contribution in [2.45, 2.75) is 30.8 Å². The molecule has 21 heavy (non-hydrogen) atoms. The van der Waals surface area contributed by atoms with Gasteiger partial charge in [0.15, 0.2) is 0 Å². The van der Waals surface area contributed by atoms with E-state index in [1.165, 1.54) is 12.8 Å². The topological polar surface area (TPSA) is 44.7 Å². The number of nitrogens with zero attached hydrogens (tertiary/aromatic N) is 1. The summed E-state index contributed by atoms with van der Waals surface area (Å²) < 4.78 is 5.12. The number of ether oxygens (including phenoxy) is 1. The fraction of sp³-hybridized carbons (Fsp3) is 0.647. The Hall–Kier alpha value is -0.940. The first-order valence-corrected chi connectivity index (χ1v) is 7.82. The van der Waals surface area contributed by atoms with Crippen molar-refractivity contribution >= 4 is 0 Å². The molecule has 0 saturated heterocycles. The van der Waals surface area contributed by atoms with E-state index in [4.69, 9.17) is 4.74 Å². The summed E-state index contributed by atoms with van der Waals surface area (Å²) in [4.78, 5) is 2.28. The number of aliphatic hydroxyl groups is 1. The maximum Gasteiger partial charge on any atom is 0.0799 e. The molecule has 1 aromatic rings. The van der Waals surface area contributed by atoms with Crippen molar-refractivity contribution in [1.82, 2.24) is 10.2 Å². The van der Waals surface area contributed by atoms with Crippen LogP contribution in [0.25, 0.3) is 0 Å². The Morgan fingerprint density at radius 2 is 2.05 bits per heavy atom. The fourth-order valence-electron chi connectivity index (χ4n) is 2.80. The number of methoxy groups -OCH3 is 1. The molecule has 0 amide bonds. The highest BCUT2D eigenvalue weighted by Gasteiger charge is 2.38. The van der Waals surface area contributed by atoms with E-state index in [1.54, 1.807) is 7.11 Å². The van der Waals surface area contributed by atoms with Gasteiger partial charge in [0.1, 0.15) is 0 Å². The molecule has 0 radical (unpaired) electrons. The predicted molar refractivity (Wildman–Crippen MR) is 85.4 cm³/mol. The van der Waals surface area contributed by atoms with E-state index >= 15 is 0 Å². The molecule has 4 heteroatoms. The monoisotopic (exact) mass is 292 g/mol. The van der Waals surface area contributed by atoms with Crippen LogP contribution >= 0.6 is 0 Å². The average Bonchev–Trinajstić information content (AvgIpc) is 3.31. The lowest BCUT2D eigenvalue weighted by molar-refractivity contribution is 0.109. The summed E-state index contributed by atoms with van der Waals surface area (Å²) in [5.41, 5.74) is 0.794. The van der Waals surface area contributed by atoms with Gasteiger partial charge in [-0.05, 0) is 31.9 Å². The molecular weight excluding hydrogens is 264 g/mol. The van der Waals surface area contributed by atoms with E-state index in [0.29, 0.717) is 6.04 Å². The van der Waals surface area contributed by atoms with Crippen LogP contribution in [-0.2, 0) is 10.3 Å². The Bertz CT molecular complexity index is 409. The molecule has 118 valence electrons. The molecule has 0 heterocycles. The zero-order valence-corrected chi connectivity index (χ0v) is 13.2. The first-order valence-electron chi connectivity index (χ1n) is 7.82. The first-order chi connectivity index (χ1) is 10.2. The molecule has 0 bridgehead atoms. The zero-order chi connectivity index (χ0) is 15.1. The third-order valence-electron chi connectivity index (χ3n) is 4.08. The van der Waals surface area contributed by atoms with Crippen molar-refractivity contribution in [3.8, 4) is 0 Å². The Kier molecular flexibility index (Phi) is 6.18. The lowest BCUT2D eigenvalue weighted by atomic mass is 9.89. The molecule has 1 aromatic carbocycles. The van der Waals surface area contributed by atoms with Crippen molar-refractivity contribution in [2.75, 3.05) is 40.5 Å². The van der Waals surface area contributed by atoms with Crippen LogP contribution in [0.5, 0.6) is 0 Å². The predicted octanol–water partition coefficient (Wildman–Crippen LogP) is 1.59. The van der Waals surface area contributed by atoms with Crippen molar-refractivity contribution in [3.05, 3.63) is 35.9 Å². The maximum atomic E-state index is 10.1. The second-order valence-electron chi connectivity index (χ2n) is 6.11. The van der Waals surface area contributed by atoms with Crippen LogP contribution in [0.15, 0.2) is 30.3 Å². The van der Waals surface area contributed by atoms with Crippen LogP contribution in [0.4, 0.5) is 0 Å². The molecule has 1 unspecified atom stereocenters. The van der Waals surface area contributed by atoms with Gasteiger partial charge in [0.2, 0.25) is 0 Å². The van der Waals surface area contributed by atoms with E-state index in [9.17, 15) is 5.11 Å². The van der Waals surface area contributed by atoms with E-state index in [0.717, 1.165) is 31.7 Å². The van der Waals surface area contributed by atoms with Gasteiger partial charge in [0, 0.05) is 32.8 Å². The minimum atomic E-state index is -0.371. The molecule has 1 fully saturated rings. The maximum absolute atomic E-state index is 10.1. The Labute approximate surface area is 128 Å². The van der Waals surface area contributed by atoms with E-state index in [2.05, 4.69) is 29.4 Å². The third-order valence-corrected chi connectivity index (χ3v) is 4.08. The number of nitrogens with one attached hydrogen (secondary N) is 1. The molecule has 1 saturated carbocycles. The summed E-state index contributed by atoms with van der Waals surface area (Å²) in [6.07, 6.45) is 3.43. The van der Waals surface area contributed by atoms with Crippen molar-refractivity contribution in [2.24, 2.45) is 0 Å². The van der Waals surface area contributed by atoms with Gasteiger partial charge >= 0.3 is 0 Å². The third kappa shape index (κ3) is 4.78. The Morgan fingerprint density at radius 1 is 1.33 bits per heavy atom. The van der Waals surface area contributed by atoms with Crippen LogP contribution in [-0.4, -0.2) is 56.5 Å². The molecule has 2 N–H and O–H groups in total. The van der Waals surface area contributed by atoms with Crippen LogP contribution in [0.1, 0.15) is 24.8 Å². The van der Waals surface area contributed by atoms with Crippen LogP contribution in [0, 0.1) is 0 Å². The number of aliphatic hydroxyl groups excluding tert-OH is 1. The zero-order valence-electron chi connectivity index (χ0n) is 13.2. The fourth-order valence-corrected chi connectivity index (χ4v) is 2.80. The lowest BCUT2D eigenvalue weighted by Gasteiger charge is -2.37. The Morgan fingerprint density at radius 3 is 2.62 bits per heavy atom. The van der Waals surface area contributed by atoms with Crippen molar-refractivity contribution in [1.29, 1.82) is 0 Å². The van der Waals surface area contributed by atoms with Crippen molar-refractivity contribution in [3.63, 3.8) is 0 Å². The van der Waals surface area contributed by atoms with Gasteiger partial charge in [0.25, 0.3) is 0 Å².